The van der Waals surface area contributed by atoms with Crippen molar-refractivity contribution in [1.29, 1.82) is 0 Å². The van der Waals surface area contributed by atoms with Crippen molar-refractivity contribution in [3.63, 3.8) is 0 Å². The molecule has 3 unspecified atom stereocenters. The van der Waals surface area contributed by atoms with E-state index in [9.17, 15) is 19.4 Å². The van der Waals surface area contributed by atoms with Crippen molar-refractivity contribution in [2.45, 2.75) is 193 Å². The highest BCUT2D eigenvalue weighted by molar-refractivity contribution is 7.47. The number of aliphatic hydroxyl groups is 2. The van der Waals surface area contributed by atoms with Crippen LogP contribution in [0.15, 0.2) is 60.8 Å². The van der Waals surface area contributed by atoms with Crippen molar-refractivity contribution in [2.24, 2.45) is 0 Å². The van der Waals surface area contributed by atoms with E-state index in [0.717, 1.165) is 77.0 Å². The summed E-state index contributed by atoms with van der Waals surface area (Å²) in [5, 5.41) is 18.3. The first-order chi connectivity index (χ1) is 27.3. The van der Waals surface area contributed by atoms with Crippen LogP contribution in [0.4, 0.5) is 0 Å². The second-order valence-electron chi connectivity index (χ2n) is 14.7. The van der Waals surface area contributed by atoms with Gasteiger partial charge in [0.05, 0.1) is 26.4 Å². The number of hydrogen-bond donors (Lipinski definition) is 3. The molecule has 0 amide bonds. The molecular weight excluding hydrogens is 727 g/mol. The Bertz CT molecular complexity index is 1060. The van der Waals surface area contributed by atoms with Gasteiger partial charge in [0.1, 0.15) is 12.2 Å². The Kier molecular flexibility index (Phi) is 41.4. The van der Waals surface area contributed by atoms with E-state index in [1.807, 2.05) is 0 Å². The van der Waals surface area contributed by atoms with Gasteiger partial charge in [-0.15, -0.1) is 0 Å². The highest BCUT2D eigenvalue weighted by Crippen LogP contribution is 2.43. The van der Waals surface area contributed by atoms with Crippen LogP contribution in [0.2, 0.25) is 0 Å². The molecule has 0 aliphatic carbocycles. The van der Waals surface area contributed by atoms with Crippen molar-refractivity contribution < 1.29 is 43.0 Å². The molecule has 10 heteroatoms. The second kappa shape index (κ2) is 42.8. The minimum absolute atomic E-state index is 0.0385. The van der Waals surface area contributed by atoms with Crippen molar-refractivity contribution in [3.8, 4) is 0 Å². The van der Waals surface area contributed by atoms with Gasteiger partial charge in [-0.05, 0) is 57.8 Å². The van der Waals surface area contributed by atoms with E-state index in [1.54, 1.807) is 0 Å². The molecule has 326 valence electrons. The number of hydrogen-bond acceptors (Lipinski definition) is 8. The first kappa shape index (κ1) is 54.2. The number of carbonyl (C=O) groups excluding carboxylic acids is 1. The summed E-state index contributed by atoms with van der Waals surface area (Å²) in [6.45, 7) is 3.37. The maximum absolute atomic E-state index is 12.6. The molecule has 0 fully saturated rings. The second-order valence-corrected chi connectivity index (χ2v) is 16.1. The number of allylic oxidation sites excluding steroid dienone is 10. The highest BCUT2D eigenvalue weighted by atomic mass is 31.2. The molecule has 0 aromatic carbocycles. The van der Waals surface area contributed by atoms with Gasteiger partial charge in [0.25, 0.3) is 0 Å². The third-order valence-electron chi connectivity index (χ3n) is 9.22. The van der Waals surface area contributed by atoms with Crippen LogP contribution in [0.1, 0.15) is 181 Å². The summed E-state index contributed by atoms with van der Waals surface area (Å²) in [6, 6.07) is 0. The van der Waals surface area contributed by atoms with Crippen LogP contribution in [0.3, 0.4) is 0 Å². The van der Waals surface area contributed by atoms with Gasteiger partial charge in [-0.2, -0.15) is 0 Å². The topological polar surface area (TPSA) is 132 Å². The smallest absolute Gasteiger partial charge is 0.457 e. The van der Waals surface area contributed by atoms with Crippen LogP contribution >= 0.6 is 7.82 Å². The fraction of sp³-hybridized carbons (Fsp3) is 0.761. The van der Waals surface area contributed by atoms with E-state index in [2.05, 4.69) is 74.6 Å². The maximum atomic E-state index is 12.6. The van der Waals surface area contributed by atoms with Crippen LogP contribution in [-0.2, 0) is 27.9 Å². The number of esters is 1. The molecule has 0 radical (unpaired) electrons. The molecule has 56 heavy (non-hydrogen) atoms. The quantitative estimate of drug-likeness (QED) is 0.0239. The standard InChI is InChI=1S/C46H83O9P/c1-3-5-7-9-11-13-15-17-18-19-20-21-22-23-24-25-27-29-31-33-35-37-39-52-42-45(43-54-56(50,51)53-41-44(48)40-47)55-46(49)38-36-34-32-30-28-26-16-14-12-10-8-6-4-2/h5,7,11,13,17-18,20-21,23-24,44-45,47-48H,3-4,6,8-10,12,14-16,19,22,25-43H2,1-2H3,(H,50,51)/b7-5-,13-11-,18-17-,21-20-,24-23-. The van der Waals surface area contributed by atoms with Gasteiger partial charge < -0.3 is 24.6 Å². The SMILES string of the molecule is CC/C=C\C/C=C\C/C=C\C/C=C\C/C=C\CCCCCCCCOCC(COP(=O)(O)OCC(O)CO)OC(=O)CCCCCCCCCCCCCCC. The number of aliphatic hydroxyl groups excluding tert-OH is 2. The molecule has 0 saturated carbocycles. The number of unbranched alkanes of at least 4 members (excludes halogenated alkanes) is 18. The van der Waals surface area contributed by atoms with E-state index < -0.39 is 33.2 Å². The summed E-state index contributed by atoms with van der Waals surface area (Å²) in [7, 11) is -4.52. The average Bonchev–Trinajstić information content (AvgIpc) is 3.19. The summed E-state index contributed by atoms with van der Waals surface area (Å²) in [5.41, 5.74) is 0. The van der Waals surface area contributed by atoms with Crippen LogP contribution in [0.25, 0.3) is 0 Å². The normalized spacial score (nSPS) is 14.6. The average molecular weight is 811 g/mol. The molecule has 0 aromatic heterocycles. The van der Waals surface area contributed by atoms with E-state index >= 15 is 0 Å². The predicted molar refractivity (Wildman–Crippen MR) is 233 cm³/mol. The number of phosphoric acid groups is 1. The summed E-state index contributed by atoms with van der Waals surface area (Å²) in [5.74, 6) is -0.390. The van der Waals surface area contributed by atoms with E-state index in [0.29, 0.717) is 6.61 Å². The molecule has 0 rings (SSSR count). The van der Waals surface area contributed by atoms with Crippen LogP contribution in [-0.4, -0.2) is 66.3 Å². The molecule has 0 spiro atoms. The minimum atomic E-state index is -4.52. The Morgan fingerprint density at radius 1 is 0.571 bits per heavy atom. The van der Waals surface area contributed by atoms with Crippen LogP contribution in [0, 0.1) is 0 Å². The Hall–Kier alpha value is -1.84. The van der Waals surface area contributed by atoms with Crippen molar-refractivity contribution >= 4 is 13.8 Å². The minimum Gasteiger partial charge on any atom is -0.457 e. The van der Waals surface area contributed by atoms with Gasteiger partial charge in [0.2, 0.25) is 0 Å². The zero-order valence-corrected chi connectivity index (χ0v) is 36.5. The Morgan fingerprint density at radius 2 is 1.02 bits per heavy atom. The molecule has 0 aliphatic rings. The first-order valence-electron chi connectivity index (χ1n) is 22.3. The first-order valence-corrected chi connectivity index (χ1v) is 23.8. The molecule has 3 N–H and O–H groups in total. The summed E-state index contributed by atoms with van der Waals surface area (Å²) >= 11 is 0. The van der Waals surface area contributed by atoms with Crippen LogP contribution < -0.4 is 0 Å². The van der Waals surface area contributed by atoms with Gasteiger partial charge in [0, 0.05) is 13.0 Å². The molecular formula is C46H83O9P. The number of phosphoric ester groups is 1. The fourth-order valence-electron chi connectivity index (χ4n) is 5.85. The highest BCUT2D eigenvalue weighted by Gasteiger charge is 2.26. The van der Waals surface area contributed by atoms with Gasteiger partial charge in [-0.25, -0.2) is 4.57 Å². The van der Waals surface area contributed by atoms with Gasteiger partial charge in [-0.3, -0.25) is 13.8 Å². The lowest BCUT2D eigenvalue weighted by Gasteiger charge is -2.20. The molecule has 0 saturated heterocycles. The summed E-state index contributed by atoms with van der Waals surface area (Å²) in [6.07, 6.45) is 48.9. The largest absolute Gasteiger partial charge is 0.472 e. The van der Waals surface area contributed by atoms with Crippen molar-refractivity contribution in [3.05, 3.63) is 60.8 Å². The zero-order chi connectivity index (χ0) is 41.1. The third-order valence-corrected chi connectivity index (χ3v) is 10.2. The maximum Gasteiger partial charge on any atom is 0.472 e. The lowest BCUT2D eigenvalue weighted by atomic mass is 10.0. The molecule has 0 aromatic rings. The lowest BCUT2D eigenvalue weighted by Crippen LogP contribution is -2.29. The van der Waals surface area contributed by atoms with Gasteiger partial charge >= 0.3 is 13.8 Å². The Balaban J connectivity index is 4.17. The van der Waals surface area contributed by atoms with Crippen molar-refractivity contribution in [2.75, 3.05) is 33.0 Å². The van der Waals surface area contributed by atoms with E-state index in [4.69, 9.17) is 23.6 Å². The number of ether oxygens (including phenoxy) is 2. The number of rotatable bonds is 42. The fourth-order valence-corrected chi connectivity index (χ4v) is 6.64. The van der Waals surface area contributed by atoms with E-state index in [1.165, 1.54) is 83.5 Å². The zero-order valence-electron chi connectivity index (χ0n) is 35.6. The Labute approximate surface area is 342 Å². The molecule has 0 bridgehead atoms. The number of carbonyl (C=O) groups is 1. The van der Waals surface area contributed by atoms with Gasteiger partial charge in [-0.1, -0.05) is 177 Å². The predicted octanol–water partition coefficient (Wildman–Crippen LogP) is 12.4. The monoisotopic (exact) mass is 811 g/mol. The molecule has 3 atom stereocenters. The lowest BCUT2D eigenvalue weighted by molar-refractivity contribution is -0.154. The van der Waals surface area contributed by atoms with Crippen molar-refractivity contribution in [1.82, 2.24) is 0 Å². The molecule has 0 aliphatic heterocycles. The van der Waals surface area contributed by atoms with Gasteiger partial charge in [0.15, 0.2) is 0 Å². The third kappa shape index (κ3) is 41.8. The molecule has 0 heterocycles. The van der Waals surface area contributed by atoms with Crippen LogP contribution in [0.5, 0.6) is 0 Å². The Morgan fingerprint density at radius 3 is 1.54 bits per heavy atom. The van der Waals surface area contributed by atoms with E-state index in [-0.39, 0.29) is 25.6 Å². The summed E-state index contributed by atoms with van der Waals surface area (Å²) in [4.78, 5) is 22.6. The molecule has 9 nitrogen and oxygen atoms in total. The summed E-state index contributed by atoms with van der Waals surface area (Å²) < 4.78 is 33.4.